The largest absolute Gasteiger partial charge is 0.480 e. The van der Waals surface area contributed by atoms with E-state index < -0.39 is 30.6 Å². The lowest BCUT2D eigenvalue weighted by Gasteiger charge is -2.27. The number of rotatable bonds is 11. The Kier molecular flexibility index (Phi) is 10.0. The van der Waals surface area contributed by atoms with E-state index in [-0.39, 0.29) is 23.6 Å². The summed E-state index contributed by atoms with van der Waals surface area (Å²) in [6.45, 7) is 4.12. The highest BCUT2D eigenvalue weighted by Crippen LogP contribution is 2.37. The number of ether oxygens (including phenoxy) is 1. The van der Waals surface area contributed by atoms with Crippen LogP contribution in [0.1, 0.15) is 36.6 Å². The third-order valence-corrected chi connectivity index (χ3v) is 8.10. The molecule has 0 spiro atoms. The zero-order chi connectivity index (χ0) is 27.8. The average molecular weight is 549 g/mol. The summed E-state index contributed by atoms with van der Waals surface area (Å²) in [4.78, 5) is 39.9. The number of nitrogens with one attached hydrogen (secondary N) is 1. The van der Waals surface area contributed by atoms with E-state index in [1.54, 1.807) is 11.8 Å². The normalized spacial score (nSPS) is 18.6. The SMILES string of the molecule is CC(C)COC(=O)C(CCc1ccccc1)NC1CSC(c2cccc3ccccc23)CN(CC(=O)O)C1=O. The quantitative estimate of drug-likeness (QED) is 0.335. The van der Waals surface area contributed by atoms with Crippen molar-refractivity contribution in [2.45, 2.75) is 44.0 Å². The Morgan fingerprint density at radius 2 is 1.77 bits per heavy atom. The van der Waals surface area contributed by atoms with E-state index in [4.69, 9.17) is 4.74 Å². The van der Waals surface area contributed by atoms with Crippen LogP contribution < -0.4 is 5.32 Å². The van der Waals surface area contributed by atoms with E-state index in [0.29, 0.717) is 25.2 Å². The topological polar surface area (TPSA) is 95.9 Å². The molecule has 0 radical (unpaired) electrons. The maximum Gasteiger partial charge on any atom is 0.323 e. The van der Waals surface area contributed by atoms with Gasteiger partial charge < -0.3 is 14.7 Å². The molecule has 0 aromatic heterocycles. The summed E-state index contributed by atoms with van der Waals surface area (Å²) < 4.78 is 5.56. The second-order valence-electron chi connectivity index (χ2n) is 10.3. The van der Waals surface area contributed by atoms with Crippen LogP contribution in [0.25, 0.3) is 10.8 Å². The van der Waals surface area contributed by atoms with Crippen LogP contribution in [0, 0.1) is 5.92 Å². The molecule has 3 aromatic carbocycles. The fourth-order valence-electron chi connectivity index (χ4n) is 4.81. The standard InChI is InChI=1S/C31H36N2O5S/c1-21(2)19-38-31(37)26(16-15-22-9-4-3-5-10-22)32-27-20-39-28(17-33(30(27)36)18-29(34)35)25-14-8-12-23-11-6-7-13-24(23)25/h3-14,21,26-28,32H,15-20H2,1-2H3,(H,34,35). The third kappa shape index (κ3) is 7.83. The van der Waals surface area contributed by atoms with E-state index in [0.717, 1.165) is 21.9 Å². The molecule has 3 atom stereocenters. The van der Waals surface area contributed by atoms with Crippen LogP contribution in [0.5, 0.6) is 0 Å². The molecule has 2 N–H and O–H groups in total. The highest BCUT2D eigenvalue weighted by atomic mass is 32.2. The molecule has 0 saturated carbocycles. The van der Waals surface area contributed by atoms with Crippen molar-refractivity contribution < 1.29 is 24.2 Å². The summed E-state index contributed by atoms with van der Waals surface area (Å²) in [7, 11) is 0. The molecule has 3 unspecified atom stereocenters. The summed E-state index contributed by atoms with van der Waals surface area (Å²) in [6.07, 6.45) is 1.10. The second kappa shape index (κ2) is 13.6. The minimum absolute atomic E-state index is 0.109. The molecule has 1 aliphatic rings. The minimum atomic E-state index is -1.07. The van der Waals surface area contributed by atoms with Gasteiger partial charge in [0, 0.05) is 17.5 Å². The predicted octanol–water partition coefficient (Wildman–Crippen LogP) is 4.70. The summed E-state index contributed by atoms with van der Waals surface area (Å²) in [5, 5.41) is 14.9. The maximum absolute atomic E-state index is 13.7. The van der Waals surface area contributed by atoms with Gasteiger partial charge in [-0.3, -0.25) is 19.7 Å². The van der Waals surface area contributed by atoms with Crippen molar-refractivity contribution in [3.8, 4) is 0 Å². The van der Waals surface area contributed by atoms with E-state index in [2.05, 4.69) is 11.4 Å². The van der Waals surface area contributed by atoms with Crippen LogP contribution in [0.2, 0.25) is 0 Å². The van der Waals surface area contributed by atoms with E-state index in [1.807, 2.05) is 80.6 Å². The van der Waals surface area contributed by atoms with Gasteiger partial charge in [0.2, 0.25) is 5.91 Å². The van der Waals surface area contributed by atoms with Crippen molar-refractivity contribution in [1.29, 1.82) is 0 Å². The minimum Gasteiger partial charge on any atom is -0.480 e. The number of thioether (sulfide) groups is 1. The molecule has 3 aromatic rings. The van der Waals surface area contributed by atoms with Crippen molar-refractivity contribution in [3.05, 3.63) is 83.9 Å². The number of nitrogens with zero attached hydrogens (tertiary/aromatic N) is 1. The number of benzene rings is 3. The highest BCUT2D eigenvalue weighted by Gasteiger charge is 2.36. The molecule has 0 bridgehead atoms. The van der Waals surface area contributed by atoms with Crippen molar-refractivity contribution in [2.24, 2.45) is 5.92 Å². The van der Waals surface area contributed by atoms with Crippen LogP contribution in [0.4, 0.5) is 0 Å². The van der Waals surface area contributed by atoms with Gasteiger partial charge in [-0.1, -0.05) is 86.6 Å². The van der Waals surface area contributed by atoms with Crippen molar-refractivity contribution in [1.82, 2.24) is 10.2 Å². The molecule has 7 nitrogen and oxygen atoms in total. The van der Waals surface area contributed by atoms with Crippen molar-refractivity contribution >= 4 is 40.4 Å². The number of fused-ring (bicyclic) bond motifs is 1. The Hall–Kier alpha value is -3.36. The number of carboxylic acids is 1. The molecule has 1 aliphatic heterocycles. The number of amides is 1. The molecule has 1 saturated heterocycles. The van der Waals surface area contributed by atoms with Crippen LogP contribution in [0.3, 0.4) is 0 Å². The molecule has 1 amide bonds. The number of esters is 1. The Balaban J connectivity index is 1.57. The monoisotopic (exact) mass is 548 g/mol. The maximum atomic E-state index is 13.7. The van der Waals surface area contributed by atoms with Crippen molar-refractivity contribution in [3.63, 3.8) is 0 Å². The Labute approximate surface area is 233 Å². The molecule has 206 valence electrons. The van der Waals surface area contributed by atoms with E-state index >= 15 is 0 Å². The van der Waals surface area contributed by atoms with Gasteiger partial charge in [0.15, 0.2) is 0 Å². The lowest BCUT2D eigenvalue weighted by atomic mass is 10.0. The lowest BCUT2D eigenvalue weighted by molar-refractivity contribution is -0.149. The van der Waals surface area contributed by atoms with Gasteiger partial charge in [0.1, 0.15) is 12.6 Å². The van der Waals surface area contributed by atoms with Gasteiger partial charge in [-0.2, -0.15) is 0 Å². The van der Waals surface area contributed by atoms with Gasteiger partial charge in [0.05, 0.1) is 12.6 Å². The molecule has 4 rings (SSSR count). The summed E-state index contributed by atoms with van der Waals surface area (Å²) in [6, 6.07) is 22.6. The number of carboxylic acid groups (broad SMARTS) is 1. The van der Waals surface area contributed by atoms with E-state index in [1.165, 1.54) is 4.90 Å². The molecular weight excluding hydrogens is 512 g/mol. The number of hydrogen-bond donors (Lipinski definition) is 2. The molecule has 1 fully saturated rings. The molecule has 0 aliphatic carbocycles. The van der Waals surface area contributed by atoms with Crippen LogP contribution >= 0.6 is 11.8 Å². The molecule has 8 heteroatoms. The van der Waals surface area contributed by atoms with Crippen LogP contribution in [-0.4, -0.2) is 65.4 Å². The highest BCUT2D eigenvalue weighted by molar-refractivity contribution is 7.99. The van der Waals surface area contributed by atoms with E-state index in [9.17, 15) is 19.5 Å². The third-order valence-electron chi connectivity index (χ3n) is 6.77. The summed E-state index contributed by atoms with van der Waals surface area (Å²) >= 11 is 1.61. The number of carbonyl (C=O) groups is 3. The summed E-state index contributed by atoms with van der Waals surface area (Å²) in [5.74, 6) is -1.18. The lowest BCUT2D eigenvalue weighted by Crippen LogP contribution is -2.53. The van der Waals surface area contributed by atoms with Gasteiger partial charge in [-0.05, 0) is 40.7 Å². The molecular formula is C31H36N2O5S. The second-order valence-corrected chi connectivity index (χ2v) is 11.6. The first-order valence-electron chi connectivity index (χ1n) is 13.4. The predicted molar refractivity (Wildman–Crippen MR) is 155 cm³/mol. The Morgan fingerprint density at radius 1 is 1.05 bits per heavy atom. The average Bonchev–Trinajstić information content (AvgIpc) is 3.08. The number of carbonyl (C=O) groups excluding carboxylic acids is 2. The number of hydrogen-bond acceptors (Lipinski definition) is 6. The van der Waals surface area contributed by atoms with Gasteiger partial charge in [-0.15, -0.1) is 11.8 Å². The van der Waals surface area contributed by atoms with Gasteiger partial charge in [-0.25, -0.2) is 0 Å². The first-order valence-corrected chi connectivity index (χ1v) is 14.4. The number of aryl methyl sites for hydroxylation is 1. The Bertz CT molecular complexity index is 1280. The molecule has 1 heterocycles. The van der Waals surface area contributed by atoms with Gasteiger partial charge in [0.25, 0.3) is 0 Å². The first-order chi connectivity index (χ1) is 18.8. The molecule has 39 heavy (non-hydrogen) atoms. The summed E-state index contributed by atoms with van der Waals surface area (Å²) in [5.41, 5.74) is 2.16. The fourth-order valence-corrected chi connectivity index (χ4v) is 6.14. The van der Waals surface area contributed by atoms with Crippen LogP contribution in [-0.2, 0) is 25.5 Å². The fraction of sp³-hybridized carbons (Fsp3) is 0.387. The van der Waals surface area contributed by atoms with Crippen LogP contribution in [0.15, 0.2) is 72.8 Å². The zero-order valence-corrected chi connectivity index (χ0v) is 23.2. The van der Waals surface area contributed by atoms with Crippen molar-refractivity contribution in [2.75, 3.05) is 25.4 Å². The van der Waals surface area contributed by atoms with Gasteiger partial charge >= 0.3 is 11.9 Å². The smallest absolute Gasteiger partial charge is 0.323 e. The number of aliphatic carboxylic acids is 1. The first kappa shape index (κ1) is 28.6. The zero-order valence-electron chi connectivity index (χ0n) is 22.4. The Morgan fingerprint density at radius 3 is 2.51 bits per heavy atom.